The van der Waals surface area contributed by atoms with Gasteiger partial charge in [-0.15, -0.1) is 0 Å². The van der Waals surface area contributed by atoms with E-state index in [2.05, 4.69) is 88.4 Å². The van der Waals surface area contributed by atoms with Gasteiger partial charge in [0.25, 0.3) is 8.32 Å². The van der Waals surface area contributed by atoms with Gasteiger partial charge in [-0.1, -0.05) is 119 Å². The summed E-state index contributed by atoms with van der Waals surface area (Å²) in [6.45, 7) is 10.4. The van der Waals surface area contributed by atoms with Crippen molar-refractivity contribution in [1.82, 2.24) is 0 Å². The van der Waals surface area contributed by atoms with Crippen LogP contribution < -0.4 is 10.4 Å². The number of hydrogen-bond donors (Lipinski definition) is 2. The highest BCUT2D eigenvalue weighted by Gasteiger charge is 2.50. The van der Waals surface area contributed by atoms with Crippen molar-refractivity contribution < 1.29 is 19.4 Å². The first kappa shape index (κ1) is 29.3. The van der Waals surface area contributed by atoms with Crippen molar-refractivity contribution in [2.24, 2.45) is 5.92 Å². The molecule has 0 amide bonds. The Morgan fingerprint density at radius 2 is 1.22 bits per heavy atom. The highest BCUT2D eigenvalue weighted by molar-refractivity contribution is 6.99. The summed E-state index contributed by atoms with van der Waals surface area (Å²) in [4.78, 5) is 0. The van der Waals surface area contributed by atoms with Gasteiger partial charge in [-0.3, -0.25) is 0 Å². The van der Waals surface area contributed by atoms with Crippen LogP contribution in [-0.2, 0) is 15.8 Å². The van der Waals surface area contributed by atoms with Gasteiger partial charge in [0.15, 0.2) is 0 Å². The first-order valence-corrected chi connectivity index (χ1v) is 15.4. The molecule has 3 rings (SSSR count). The highest BCUT2D eigenvalue weighted by Crippen LogP contribution is 2.37. The third kappa shape index (κ3) is 8.35. The lowest BCUT2D eigenvalue weighted by molar-refractivity contribution is -0.00160. The van der Waals surface area contributed by atoms with Crippen LogP contribution in [0.3, 0.4) is 0 Å². The zero-order valence-corrected chi connectivity index (χ0v) is 23.8. The number of rotatable bonds is 14. The largest absolute Gasteiger partial charge is 0.407 e. The lowest BCUT2D eigenvalue weighted by Crippen LogP contribution is -2.66. The van der Waals surface area contributed by atoms with Gasteiger partial charge in [-0.25, -0.2) is 0 Å². The quantitative estimate of drug-likeness (QED) is 0.283. The fourth-order valence-corrected chi connectivity index (χ4v) is 9.67. The van der Waals surface area contributed by atoms with E-state index in [-0.39, 0.29) is 17.6 Å². The van der Waals surface area contributed by atoms with E-state index >= 15 is 0 Å². The normalized spacial score (nSPS) is 14.8. The topological polar surface area (TPSA) is 58.9 Å². The molecule has 200 valence electrons. The number of aliphatic hydroxyl groups excluding tert-OH is 2. The molecule has 3 aromatic carbocycles. The average molecular weight is 521 g/mol. The molecule has 0 heterocycles. The molecular formula is C32H44O4Si. The standard InChI is InChI=1S/C32H44O4Si/c1-26(20-21-28(33)22-29(34)25-35-24-27-14-8-5-9-15-27)23-36-37(32(2,3)4,30-16-10-6-11-17-30)31-18-12-7-13-19-31/h5-19,26,28-29,33-34H,20-25H2,1-4H3/t26-,28+,29+/m1/s1. The Hall–Kier alpha value is -2.28. The van der Waals surface area contributed by atoms with Crippen LogP contribution in [0.25, 0.3) is 0 Å². The predicted molar refractivity (Wildman–Crippen MR) is 155 cm³/mol. The van der Waals surface area contributed by atoms with Crippen LogP contribution in [0.15, 0.2) is 91.0 Å². The molecule has 0 aliphatic heterocycles. The lowest BCUT2D eigenvalue weighted by Gasteiger charge is -2.43. The summed E-state index contributed by atoms with van der Waals surface area (Å²) >= 11 is 0. The van der Waals surface area contributed by atoms with Crippen molar-refractivity contribution >= 4 is 18.7 Å². The molecule has 0 unspecified atom stereocenters. The third-order valence-electron chi connectivity index (χ3n) is 6.96. The molecule has 0 saturated heterocycles. The molecule has 3 atom stereocenters. The van der Waals surface area contributed by atoms with E-state index in [9.17, 15) is 10.2 Å². The Bertz CT molecular complexity index is 981. The summed E-state index contributed by atoms with van der Waals surface area (Å²) in [5, 5.41) is 23.4. The van der Waals surface area contributed by atoms with Crippen LogP contribution in [0, 0.1) is 5.92 Å². The fourth-order valence-electron chi connectivity index (χ4n) is 4.98. The molecular weight excluding hydrogens is 476 g/mol. The van der Waals surface area contributed by atoms with E-state index in [4.69, 9.17) is 9.16 Å². The fraction of sp³-hybridized carbons (Fsp3) is 0.438. The summed E-state index contributed by atoms with van der Waals surface area (Å²) in [5.74, 6) is 0.280. The maximum absolute atomic E-state index is 10.6. The molecule has 0 spiro atoms. The van der Waals surface area contributed by atoms with Crippen LogP contribution in [0.1, 0.15) is 52.5 Å². The molecule has 2 N–H and O–H groups in total. The molecule has 0 aliphatic carbocycles. The number of aliphatic hydroxyl groups is 2. The van der Waals surface area contributed by atoms with E-state index < -0.39 is 20.5 Å². The van der Waals surface area contributed by atoms with Gasteiger partial charge in [-0.05, 0) is 39.7 Å². The molecule has 0 fully saturated rings. The van der Waals surface area contributed by atoms with Crippen molar-refractivity contribution in [2.75, 3.05) is 13.2 Å². The van der Waals surface area contributed by atoms with Crippen LogP contribution in [0.4, 0.5) is 0 Å². The van der Waals surface area contributed by atoms with Crippen LogP contribution in [-0.4, -0.2) is 44.0 Å². The molecule has 5 heteroatoms. The number of benzene rings is 3. The summed E-state index contributed by atoms with van der Waals surface area (Å²) in [7, 11) is -2.56. The van der Waals surface area contributed by atoms with Crippen LogP contribution in [0.5, 0.6) is 0 Å². The summed E-state index contributed by atoms with van der Waals surface area (Å²) < 4.78 is 12.6. The Morgan fingerprint density at radius 1 is 0.703 bits per heavy atom. The molecule has 0 radical (unpaired) electrons. The SMILES string of the molecule is C[C@H](CC[C@H](O)C[C@H](O)COCc1ccccc1)CO[Si](c1ccccc1)(c1ccccc1)C(C)(C)C. The molecule has 0 saturated carbocycles. The second-order valence-corrected chi connectivity index (χ2v) is 15.5. The second kappa shape index (κ2) is 14.0. The van der Waals surface area contributed by atoms with E-state index in [0.29, 0.717) is 26.1 Å². The van der Waals surface area contributed by atoms with Gasteiger partial charge in [0.1, 0.15) is 0 Å². The third-order valence-corrected chi connectivity index (χ3v) is 12.0. The summed E-state index contributed by atoms with van der Waals surface area (Å²) in [6, 6.07) is 31.3. The van der Waals surface area contributed by atoms with Gasteiger partial charge in [0, 0.05) is 13.0 Å². The minimum Gasteiger partial charge on any atom is -0.407 e. The van der Waals surface area contributed by atoms with Gasteiger partial charge in [0.2, 0.25) is 0 Å². The Morgan fingerprint density at radius 3 is 1.73 bits per heavy atom. The summed E-state index contributed by atoms with van der Waals surface area (Å²) in [5.41, 5.74) is 1.07. The zero-order valence-electron chi connectivity index (χ0n) is 22.8. The van der Waals surface area contributed by atoms with Crippen LogP contribution >= 0.6 is 0 Å². The second-order valence-electron chi connectivity index (χ2n) is 11.2. The molecule has 0 aliphatic rings. The monoisotopic (exact) mass is 520 g/mol. The van der Waals surface area contributed by atoms with Crippen molar-refractivity contribution in [3.63, 3.8) is 0 Å². The highest BCUT2D eigenvalue weighted by atomic mass is 28.4. The van der Waals surface area contributed by atoms with Gasteiger partial charge in [0.05, 0.1) is 25.4 Å². The minimum atomic E-state index is -2.56. The lowest BCUT2D eigenvalue weighted by atomic mass is 10.0. The van der Waals surface area contributed by atoms with E-state index in [1.165, 1.54) is 10.4 Å². The van der Waals surface area contributed by atoms with Gasteiger partial charge < -0.3 is 19.4 Å². The first-order chi connectivity index (χ1) is 17.7. The van der Waals surface area contributed by atoms with Crippen molar-refractivity contribution in [2.45, 2.75) is 70.8 Å². The van der Waals surface area contributed by atoms with Gasteiger partial charge in [-0.2, -0.15) is 0 Å². The zero-order chi connectivity index (χ0) is 26.7. The molecule has 4 nitrogen and oxygen atoms in total. The Balaban J connectivity index is 1.54. The smallest absolute Gasteiger partial charge is 0.261 e. The minimum absolute atomic E-state index is 0.0567. The van der Waals surface area contributed by atoms with Crippen LogP contribution in [0.2, 0.25) is 5.04 Å². The van der Waals surface area contributed by atoms with Crippen molar-refractivity contribution in [1.29, 1.82) is 0 Å². The molecule has 0 bridgehead atoms. The van der Waals surface area contributed by atoms with Gasteiger partial charge >= 0.3 is 0 Å². The number of hydrogen-bond acceptors (Lipinski definition) is 4. The van der Waals surface area contributed by atoms with E-state index in [1.807, 2.05) is 30.3 Å². The molecule has 0 aromatic heterocycles. The maximum Gasteiger partial charge on any atom is 0.261 e. The van der Waals surface area contributed by atoms with E-state index in [1.54, 1.807) is 0 Å². The average Bonchev–Trinajstić information content (AvgIpc) is 2.89. The Kier molecular flexibility index (Phi) is 11.1. The number of ether oxygens (including phenoxy) is 1. The Labute approximate surface area is 224 Å². The summed E-state index contributed by atoms with van der Waals surface area (Å²) in [6.07, 6.45) is 0.530. The predicted octanol–water partition coefficient (Wildman–Crippen LogP) is 5.31. The van der Waals surface area contributed by atoms with Crippen molar-refractivity contribution in [3.05, 3.63) is 96.6 Å². The first-order valence-electron chi connectivity index (χ1n) is 13.4. The molecule has 37 heavy (non-hydrogen) atoms. The van der Waals surface area contributed by atoms with Crippen molar-refractivity contribution in [3.8, 4) is 0 Å². The maximum atomic E-state index is 10.6. The van der Waals surface area contributed by atoms with E-state index in [0.717, 1.165) is 12.0 Å². The molecule has 3 aromatic rings.